The maximum atomic E-state index is 13.1. The summed E-state index contributed by atoms with van der Waals surface area (Å²) in [6, 6.07) is 3.07. The number of carbonyl (C=O) groups excluding carboxylic acids is 3. The van der Waals surface area contributed by atoms with Crippen molar-refractivity contribution in [2.75, 3.05) is 18.4 Å². The lowest BCUT2D eigenvalue weighted by Gasteiger charge is -2.34. The minimum absolute atomic E-state index is 0.0677. The molecule has 2 heterocycles. The summed E-state index contributed by atoms with van der Waals surface area (Å²) in [5.41, 5.74) is 4.27. The number of primary amides is 1. The Balaban J connectivity index is 1.77. The number of nitrogens with one attached hydrogen (secondary N) is 2. The van der Waals surface area contributed by atoms with Crippen LogP contribution in [0, 0.1) is 0 Å². The van der Waals surface area contributed by atoms with E-state index in [1.807, 2.05) is 0 Å². The van der Waals surface area contributed by atoms with Gasteiger partial charge in [-0.15, -0.1) is 0 Å². The Kier molecular flexibility index (Phi) is 7.32. The lowest BCUT2D eigenvalue weighted by atomic mass is 10.1. The Morgan fingerprint density at radius 2 is 1.74 bits per heavy atom. The van der Waals surface area contributed by atoms with Crippen LogP contribution in [0.1, 0.15) is 49.5 Å². The molecule has 0 radical (unpaired) electrons. The van der Waals surface area contributed by atoms with Crippen molar-refractivity contribution in [1.82, 2.24) is 14.8 Å². The summed E-state index contributed by atoms with van der Waals surface area (Å²) in [5.74, 6) is -0.532. The van der Waals surface area contributed by atoms with Gasteiger partial charge in [0.1, 0.15) is 5.60 Å². The van der Waals surface area contributed by atoms with Gasteiger partial charge in [-0.05, 0) is 57.9 Å². The number of anilines is 1. The number of amides is 4. The number of nitrogens with two attached hydrogens (primary N) is 1. The highest BCUT2D eigenvalue weighted by Gasteiger charge is 2.31. The fraction of sp³-hybridized carbons (Fsp3) is 0.435. The molecule has 0 unspecified atom stereocenters. The average molecular weight is 496 g/mol. The maximum Gasteiger partial charge on any atom is 0.416 e. The molecule has 4 amide bonds. The number of urea groups is 1. The van der Waals surface area contributed by atoms with E-state index in [0.29, 0.717) is 25.1 Å². The molecule has 190 valence electrons. The third-order valence-corrected chi connectivity index (χ3v) is 5.23. The monoisotopic (exact) mass is 495 g/mol. The molecule has 0 spiro atoms. The molecule has 12 heteroatoms. The van der Waals surface area contributed by atoms with E-state index in [1.54, 1.807) is 20.8 Å². The van der Waals surface area contributed by atoms with Crippen LogP contribution < -0.4 is 16.4 Å². The van der Waals surface area contributed by atoms with E-state index >= 15 is 0 Å². The first kappa shape index (κ1) is 25.9. The molecule has 1 aliphatic rings. The van der Waals surface area contributed by atoms with Gasteiger partial charge in [0, 0.05) is 37.2 Å². The van der Waals surface area contributed by atoms with Crippen molar-refractivity contribution in [3.8, 4) is 5.69 Å². The number of piperidine rings is 1. The van der Waals surface area contributed by atoms with Crippen molar-refractivity contribution in [2.45, 2.75) is 51.4 Å². The fourth-order valence-corrected chi connectivity index (χ4v) is 3.69. The number of carbonyl (C=O) groups is 3. The number of hydrogen-bond donors (Lipinski definition) is 3. The van der Waals surface area contributed by atoms with E-state index in [9.17, 15) is 27.6 Å². The highest BCUT2D eigenvalue weighted by atomic mass is 19.4. The second-order valence-corrected chi connectivity index (χ2v) is 9.27. The van der Waals surface area contributed by atoms with Crippen LogP contribution in [-0.4, -0.2) is 52.2 Å². The van der Waals surface area contributed by atoms with Crippen molar-refractivity contribution < 1.29 is 32.3 Å². The molecule has 4 N–H and O–H groups in total. The van der Waals surface area contributed by atoms with Gasteiger partial charge in [0.15, 0.2) is 0 Å². The van der Waals surface area contributed by atoms with Crippen LogP contribution >= 0.6 is 0 Å². The summed E-state index contributed by atoms with van der Waals surface area (Å²) in [7, 11) is 0. The molecule has 0 bridgehead atoms. The van der Waals surface area contributed by atoms with E-state index < -0.39 is 35.4 Å². The number of likely N-dealkylation sites (tertiary alicyclic amines) is 1. The van der Waals surface area contributed by atoms with Crippen LogP contribution in [0.15, 0.2) is 36.7 Å². The van der Waals surface area contributed by atoms with Gasteiger partial charge in [0.05, 0.1) is 16.8 Å². The van der Waals surface area contributed by atoms with E-state index in [1.165, 1.54) is 34.0 Å². The summed E-state index contributed by atoms with van der Waals surface area (Å²) in [6.45, 7) is 6.05. The van der Waals surface area contributed by atoms with Gasteiger partial charge in [-0.1, -0.05) is 0 Å². The number of halogens is 3. The van der Waals surface area contributed by atoms with Gasteiger partial charge in [-0.25, -0.2) is 9.59 Å². The molecule has 1 saturated heterocycles. The zero-order valence-corrected chi connectivity index (χ0v) is 19.6. The Morgan fingerprint density at radius 3 is 2.31 bits per heavy atom. The minimum atomic E-state index is -4.48. The van der Waals surface area contributed by atoms with Gasteiger partial charge >= 0.3 is 18.3 Å². The third kappa shape index (κ3) is 6.90. The molecule has 0 saturated carbocycles. The van der Waals surface area contributed by atoms with Gasteiger partial charge in [0.25, 0.3) is 5.91 Å². The maximum absolute atomic E-state index is 13.1. The molecule has 1 aromatic heterocycles. The molecule has 9 nitrogen and oxygen atoms in total. The molecule has 1 aromatic carbocycles. The second kappa shape index (κ2) is 9.88. The molecule has 1 atom stereocenters. The predicted octanol–water partition coefficient (Wildman–Crippen LogP) is 4.12. The first-order valence-electron chi connectivity index (χ1n) is 11.0. The molecule has 3 rings (SSSR count). The molecule has 0 aliphatic carbocycles. The molecular formula is C23H28F3N5O4. The summed E-state index contributed by atoms with van der Waals surface area (Å²) in [5, 5.41) is 5.21. The Morgan fingerprint density at radius 1 is 1.09 bits per heavy atom. The Bertz CT molecular complexity index is 1090. The minimum Gasteiger partial charge on any atom is -0.444 e. The standard InChI is InChI=1S/C23H28F3N5O4/c1-22(2,3)35-21(34)30-10-4-5-15(11-30)28-19(32)17-12-31(13-18(17)29-20(27)33)16-8-6-14(7-9-16)23(24,25)26/h6-9,12-13,15H,4-5,10-11H2,1-3H3,(H,28,32)(H3,27,29,33)/t15-/m0/s1. The smallest absolute Gasteiger partial charge is 0.416 e. The highest BCUT2D eigenvalue weighted by Crippen LogP contribution is 2.30. The Labute approximate surface area is 200 Å². The normalized spacial score (nSPS) is 16.5. The van der Waals surface area contributed by atoms with E-state index in [0.717, 1.165) is 12.1 Å². The number of hydrogen-bond acceptors (Lipinski definition) is 4. The van der Waals surface area contributed by atoms with Crippen molar-refractivity contribution in [3.05, 3.63) is 47.8 Å². The van der Waals surface area contributed by atoms with Gasteiger partial charge in [-0.3, -0.25) is 4.79 Å². The largest absolute Gasteiger partial charge is 0.444 e. The van der Waals surface area contributed by atoms with E-state index in [4.69, 9.17) is 10.5 Å². The summed E-state index contributed by atoms with van der Waals surface area (Å²) in [4.78, 5) is 38.4. The first-order valence-corrected chi connectivity index (χ1v) is 11.0. The zero-order chi connectivity index (χ0) is 26.0. The molecule has 35 heavy (non-hydrogen) atoms. The summed E-state index contributed by atoms with van der Waals surface area (Å²) < 4.78 is 45.4. The quantitative estimate of drug-likeness (QED) is 0.591. The van der Waals surface area contributed by atoms with Crippen LogP contribution in [-0.2, 0) is 10.9 Å². The van der Waals surface area contributed by atoms with E-state index in [-0.39, 0.29) is 23.8 Å². The van der Waals surface area contributed by atoms with Crippen LogP contribution in [0.25, 0.3) is 5.69 Å². The summed E-state index contributed by atoms with van der Waals surface area (Å²) >= 11 is 0. The Hall–Kier alpha value is -3.70. The van der Waals surface area contributed by atoms with Gasteiger partial charge in [0.2, 0.25) is 0 Å². The molecule has 1 fully saturated rings. The van der Waals surface area contributed by atoms with Crippen molar-refractivity contribution in [1.29, 1.82) is 0 Å². The number of alkyl halides is 3. The number of nitrogens with zero attached hydrogens (tertiary/aromatic N) is 2. The fourth-order valence-electron chi connectivity index (χ4n) is 3.69. The van der Waals surface area contributed by atoms with Crippen molar-refractivity contribution in [3.63, 3.8) is 0 Å². The third-order valence-electron chi connectivity index (χ3n) is 5.23. The van der Waals surface area contributed by atoms with Gasteiger partial charge < -0.3 is 30.6 Å². The average Bonchev–Trinajstić information content (AvgIpc) is 3.15. The number of ether oxygens (including phenoxy) is 1. The lowest BCUT2D eigenvalue weighted by molar-refractivity contribution is -0.137. The summed E-state index contributed by atoms with van der Waals surface area (Å²) in [6.07, 6.45) is -0.896. The molecule has 2 aromatic rings. The van der Waals surface area contributed by atoms with Gasteiger partial charge in [-0.2, -0.15) is 13.2 Å². The molecular weight excluding hydrogens is 467 g/mol. The highest BCUT2D eigenvalue weighted by molar-refractivity contribution is 6.03. The number of rotatable bonds is 4. The topological polar surface area (TPSA) is 119 Å². The SMILES string of the molecule is CC(C)(C)OC(=O)N1CCC[C@H](NC(=O)c2cn(-c3ccc(C(F)(F)F)cc3)cc2NC(N)=O)C1. The predicted molar refractivity (Wildman–Crippen MR) is 122 cm³/mol. The second-order valence-electron chi connectivity index (χ2n) is 9.27. The number of aromatic nitrogens is 1. The van der Waals surface area contributed by atoms with Crippen molar-refractivity contribution in [2.24, 2.45) is 5.73 Å². The van der Waals surface area contributed by atoms with Crippen molar-refractivity contribution >= 4 is 23.7 Å². The number of benzene rings is 1. The zero-order valence-electron chi connectivity index (χ0n) is 19.6. The van der Waals surface area contributed by atoms with Crippen LogP contribution in [0.5, 0.6) is 0 Å². The van der Waals surface area contributed by atoms with Crippen LogP contribution in [0.4, 0.5) is 28.4 Å². The lowest BCUT2D eigenvalue weighted by Crippen LogP contribution is -2.50. The van der Waals surface area contributed by atoms with Crippen LogP contribution in [0.2, 0.25) is 0 Å². The van der Waals surface area contributed by atoms with Crippen LogP contribution in [0.3, 0.4) is 0 Å². The molecule has 1 aliphatic heterocycles. The first-order chi connectivity index (χ1) is 16.2. The van der Waals surface area contributed by atoms with E-state index in [2.05, 4.69) is 10.6 Å².